The molecule has 0 atom stereocenters. The van der Waals surface area contributed by atoms with Crippen LogP contribution < -0.4 is 15.4 Å². The van der Waals surface area contributed by atoms with Crippen LogP contribution in [-0.2, 0) is 11.3 Å². The maximum Gasteiger partial charge on any atom is 0.125 e. The molecule has 140 valence electrons. The minimum Gasteiger partial charge on any atom is -0.493 e. The quantitative estimate of drug-likeness (QED) is 0.789. The van der Waals surface area contributed by atoms with Crippen molar-refractivity contribution in [1.82, 2.24) is 9.80 Å². The summed E-state index contributed by atoms with van der Waals surface area (Å²) in [5, 5.41) is 0. The van der Waals surface area contributed by atoms with Crippen LogP contribution in [0.3, 0.4) is 0 Å². The molecule has 1 aromatic rings. The van der Waals surface area contributed by atoms with E-state index in [-0.39, 0.29) is 0 Å². The van der Waals surface area contributed by atoms with E-state index in [0.717, 1.165) is 82.7 Å². The van der Waals surface area contributed by atoms with Gasteiger partial charge in [0.05, 0.1) is 31.2 Å². The molecule has 2 heterocycles. The van der Waals surface area contributed by atoms with Crippen molar-refractivity contribution < 1.29 is 9.47 Å². The molecule has 2 aliphatic rings. The number of nitrogens with zero attached hydrogens (tertiary/aromatic N) is 3. The molecular weight excluding hydrogens is 316 g/mol. The van der Waals surface area contributed by atoms with Crippen molar-refractivity contribution in [2.45, 2.75) is 20.4 Å². The second-order valence-corrected chi connectivity index (χ2v) is 6.76. The van der Waals surface area contributed by atoms with Gasteiger partial charge in [0.25, 0.3) is 0 Å². The normalized spacial score (nSPS) is 20.0. The lowest BCUT2D eigenvalue weighted by molar-refractivity contribution is 0.122. The summed E-state index contributed by atoms with van der Waals surface area (Å²) in [6, 6.07) is 4.24. The van der Waals surface area contributed by atoms with Crippen LogP contribution in [0.4, 0.5) is 11.4 Å². The Balaban J connectivity index is 1.77. The molecule has 6 heteroatoms. The number of nitrogen functional groups attached to an aromatic ring is 1. The number of likely N-dealkylation sites (N-methyl/N-ethyl adjacent to an activating group) is 1. The summed E-state index contributed by atoms with van der Waals surface area (Å²) < 4.78 is 11.4. The van der Waals surface area contributed by atoms with Crippen LogP contribution in [0.5, 0.6) is 5.75 Å². The van der Waals surface area contributed by atoms with Crippen molar-refractivity contribution in [1.29, 1.82) is 0 Å². The molecule has 2 fully saturated rings. The van der Waals surface area contributed by atoms with Crippen molar-refractivity contribution in [3.8, 4) is 5.75 Å². The van der Waals surface area contributed by atoms with Crippen LogP contribution >= 0.6 is 0 Å². The molecule has 3 rings (SSSR count). The van der Waals surface area contributed by atoms with Gasteiger partial charge in [0.2, 0.25) is 0 Å². The standard InChI is InChI=1S/C19H32N4O2/c1-3-21-5-7-22(8-6-21)15-16-13-18(23-9-11-24-12-10-23)17(20)14-19(16)25-4-2/h13-14H,3-12,15,20H2,1-2H3. The number of piperazine rings is 1. The van der Waals surface area contributed by atoms with Gasteiger partial charge in [0.1, 0.15) is 5.75 Å². The Labute approximate surface area is 151 Å². The van der Waals surface area contributed by atoms with Crippen LogP contribution in [0, 0.1) is 0 Å². The second kappa shape index (κ2) is 8.74. The number of benzene rings is 1. The van der Waals surface area contributed by atoms with E-state index in [0.29, 0.717) is 6.61 Å². The third kappa shape index (κ3) is 4.57. The molecule has 0 spiro atoms. The molecular formula is C19H32N4O2. The molecule has 0 bridgehead atoms. The topological polar surface area (TPSA) is 54.2 Å². The first-order valence-corrected chi connectivity index (χ1v) is 9.53. The van der Waals surface area contributed by atoms with E-state index in [4.69, 9.17) is 15.2 Å². The maximum atomic E-state index is 6.34. The molecule has 2 saturated heterocycles. The van der Waals surface area contributed by atoms with E-state index < -0.39 is 0 Å². The average Bonchev–Trinajstić information content (AvgIpc) is 2.65. The number of anilines is 2. The van der Waals surface area contributed by atoms with Crippen molar-refractivity contribution in [2.75, 3.05) is 76.3 Å². The van der Waals surface area contributed by atoms with Crippen molar-refractivity contribution >= 4 is 11.4 Å². The van der Waals surface area contributed by atoms with E-state index >= 15 is 0 Å². The number of ether oxygens (including phenoxy) is 2. The first-order chi connectivity index (χ1) is 12.2. The number of rotatable bonds is 6. The third-order valence-electron chi connectivity index (χ3n) is 5.17. The highest BCUT2D eigenvalue weighted by atomic mass is 16.5. The molecule has 0 unspecified atom stereocenters. The third-order valence-corrected chi connectivity index (χ3v) is 5.17. The monoisotopic (exact) mass is 348 g/mol. The van der Waals surface area contributed by atoms with Crippen molar-refractivity contribution in [3.05, 3.63) is 17.7 Å². The zero-order chi connectivity index (χ0) is 17.6. The summed E-state index contributed by atoms with van der Waals surface area (Å²) in [6.07, 6.45) is 0. The van der Waals surface area contributed by atoms with E-state index in [9.17, 15) is 0 Å². The van der Waals surface area contributed by atoms with Gasteiger partial charge in [-0.2, -0.15) is 0 Å². The lowest BCUT2D eigenvalue weighted by atomic mass is 10.1. The Morgan fingerprint density at radius 3 is 2.32 bits per heavy atom. The van der Waals surface area contributed by atoms with Crippen LogP contribution in [0.25, 0.3) is 0 Å². The number of morpholine rings is 1. The van der Waals surface area contributed by atoms with Gasteiger partial charge in [-0.3, -0.25) is 4.90 Å². The minimum atomic E-state index is 0.660. The van der Waals surface area contributed by atoms with Gasteiger partial charge in [-0.15, -0.1) is 0 Å². The zero-order valence-corrected chi connectivity index (χ0v) is 15.7. The Bertz CT molecular complexity index is 553. The van der Waals surface area contributed by atoms with Gasteiger partial charge in [0.15, 0.2) is 0 Å². The number of hydrogen-bond donors (Lipinski definition) is 1. The van der Waals surface area contributed by atoms with Gasteiger partial charge in [0, 0.05) is 57.4 Å². The van der Waals surface area contributed by atoms with E-state index in [2.05, 4.69) is 27.7 Å². The number of nitrogens with two attached hydrogens (primary N) is 1. The molecule has 0 aromatic heterocycles. The molecule has 1 aromatic carbocycles. The first-order valence-electron chi connectivity index (χ1n) is 9.53. The van der Waals surface area contributed by atoms with E-state index in [1.807, 2.05) is 13.0 Å². The molecule has 0 amide bonds. The van der Waals surface area contributed by atoms with Crippen molar-refractivity contribution in [3.63, 3.8) is 0 Å². The Hall–Kier alpha value is -1.50. The predicted octanol–water partition coefficient (Wildman–Crippen LogP) is 1.64. The molecule has 0 aliphatic carbocycles. The molecule has 25 heavy (non-hydrogen) atoms. The van der Waals surface area contributed by atoms with Gasteiger partial charge >= 0.3 is 0 Å². The average molecular weight is 348 g/mol. The lowest BCUT2D eigenvalue weighted by Gasteiger charge is -2.35. The van der Waals surface area contributed by atoms with E-state index in [1.54, 1.807) is 0 Å². The molecule has 0 radical (unpaired) electrons. The fraction of sp³-hybridized carbons (Fsp3) is 0.684. The van der Waals surface area contributed by atoms with Crippen LogP contribution in [0.15, 0.2) is 12.1 Å². The highest BCUT2D eigenvalue weighted by Crippen LogP contribution is 2.33. The van der Waals surface area contributed by atoms with Gasteiger partial charge in [-0.05, 0) is 19.5 Å². The Morgan fingerprint density at radius 2 is 1.68 bits per heavy atom. The molecule has 6 nitrogen and oxygen atoms in total. The fourth-order valence-corrected chi connectivity index (χ4v) is 3.62. The SMILES string of the molecule is CCOc1cc(N)c(N2CCOCC2)cc1CN1CCN(CC)CC1. The zero-order valence-electron chi connectivity index (χ0n) is 15.7. The second-order valence-electron chi connectivity index (χ2n) is 6.76. The van der Waals surface area contributed by atoms with Crippen LogP contribution in [-0.4, -0.2) is 75.4 Å². The molecule has 0 saturated carbocycles. The van der Waals surface area contributed by atoms with Crippen LogP contribution in [0.2, 0.25) is 0 Å². The van der Waals surface area contributed by atoms with Crippen molar-refractivity contribution in [2.24, 2.45) is 0 Å². The molecule has 2 aliphatic heterocycles. The fourth-order valence-electron chi connectivity index (χ4n) is 3.62. The molecule has 2 N–H and O–H groups in total. The Morgan fingerprint density at radius 1 is 1.00 bits per heavy atom. The summed E-state index contributed by atoms with van der Waals surface area (Å²) in [7, 11) is 0. The summed E-state index contributed by atoms with van der Waals surface area (Å²) in [4.78, 5) is 7.35. The summed E-state index contributed by atoms with van der Waals surface area (Å²) in [6.45, 7) is 14.8. The maximum absolute atomic E-state index is 6.34. The predicted molar refractivity (Wildman–Crippen MR) is 102 cm³/mol. The highest BCUT2D eigenvalue weighted by molar-refractivity contribution is 5.71. The van der Waals surface area contributed by atoms with Gasteiger partial charge in [-0.1, -0.05) is 6.92 Å². The first kappa shape index (κ1) is 18.3. The number of hydrogen-bond acceptors (Lipinski definition) is 6. The minimum absolute atomic E-state index is 0.660. The van der Waals surface area contributed by atoms with Crippen LogP contribution in [0.1, 0.15) is 19.4 Å². The van der Waals surface area contributed by atoms with E-state index in [1.165, 1.54) is 5.56 Å². The largest absolute Gasteiger partial charge is 0.493 e. The highest BCUT2D eigenvalue weighted by Gasteiger charge is 2.20. The summed E-state index contributed by atoms with van der Waals surface area (Å²) >= 11 is 0. The summed E-state index contributed by atoms with van der Waals surface area (Å²) in [5.41, 5.74) is 9.49. The summed E-state index contributed by atoms with van der Waals surface area (Å²) in [5.74, 6) is 0.926. The Kier molecular flexibility index (Phi) is 6.39. The van der Waals surface area contributed by atoms with Gasteiger partial charge in [-0.25, -0.2) is 0 Å². The van der Waals surface area contributed by atoms with Gasteiger partial charge < -0.3 is 25.0 Å². The lowest BCUT2D eigenvalue weighted by Crippen LogP contribution is -2.45. The smallest absolute Gasteiger partial charge is 0.125 e.